The van der Waals surface area contributed by atoms with Gasteiger partial charge in [-0.05, 0) is 24.4 Å². The molecule has 0 fully saturated rings. The Morgan fingerprint density at radius 3 is 2.75 bits per heavy atom. The van der Waals surface area contributed by atoms with E-state index in [1.807, 2.05) is 0 Å². The van der Waals surface area contributed by atoms with Crippen LogP contribution in [0.4, 0.5) is 5.69 Å². The smallest absolute Gasteiger partial charge is 0.337 e. The molecule has 0 saturated heterocycles. The van der Waals surface area contributed by atoms with E-state index in [-0.39, 0.29) is 22.9 Å². The number of carbonyl (C=O) groups excluding carboxylic acids is 1. The Labute approximate surface area is 122 Å². The van der Waals surface area contributed by atoms with Gasteiger partial charge >= 0.3 is 5.97 Å². The first kappa shape index (κ1) is 14.3. The van der Waals surface area contributed by atoms with Crippen molar-refractivity contribution in [1.82, 2.24) is 15.2 Å². The first-order valence-electron chi connectivity index (χ1n) is 5.46. The number of carboxylic acid groups (broad SMARTS) is 1. The van der Waals surface area contributed by atoms with Crippen molar-refractivity contribution < 1.29 is 14.7 Å². The number of para-hydroxylation sites is 1. The molecule has 0 spiro atoms. The normalized spacial score (nSPS) is 10.2. The molecule has 0 aliphatic heterocycles. The van der Waals surface area contributed by atoms with Crippen LogP contribution in [-0.4, -0.2) is 37.9 Å². The standard InChI is InChI=1S/C11H10N4O3S2/c16-8(5-20-11-13-10(19)14-15-11)12-7-4-2-1-3-6(7)9(17)18/h1-4H,5H2,(H,12,16)(H,17,18)(H2,13,14,15,19). The van der Waals surface area contributed by atoms with Crippen LogP contribution in [0, 0.1) is 4.77 Å². The summed E-state index contributed by atoms with van der Waals surface area (Å²) in [5.74, 6) is -1.33. The molecule has 2 rings (SSSR count). The van der Waals surface area contributed by atoms with Crippen molar-refractivity contribution in [1.29, 1.82) is 0 Å². The average molecular weight is 310 g/mol. The number of carboxylic acids is 1. The molecule has 0 atom stereocenters. The van der Waals surface area contributed by atoms with Gasteiger partial charge in [-0.3, -0.25) is 15.0 Å². The van der Waals surface area contributed by atoms with E-state index in [0.717, 1.165) is 11.8 Å². The van der Waals surface area contributed by atoms with Crippen LogP contribution >= 0.6 is 24.0 Å². The van der Waals surface area contributed by atoms with Crippen LogP contribution in [0.3, 0.4) is 0 Å². The molecular weight excluding hydrogens is 300 g/mol. The summed E-state index contributed by atoms with van der Waals surface area (Å²) in [6, 6.07) is 6.21. The molecule has 0 unspecified atom stereocenters. The predicted molar refractivity (Wildman–Crippen MR) is 76.5 cm³/mol. The molecule has 0 radical (unpaired) electrons. The highest BCUT2D eigenvalue weighted by Crippen LogP contribution is 2.16. The first-order valence-corrected chi connectivity index (χ1v) is 6.85. The number of hydrogen-bond acceptors (Lipinski definition) is 5. The van der Waals surface area contributed by atoms with Gasteiger partial charge in [0.15, 0.2) is 5.16 Å². The molecule has 9 heteroatoms. The predicted octanol–water partition coefficient (Wildman–Crippen LogP) is 1.90. The highest BCUT2D eigenvalue weighted by Gasteiger charge is 2.12. The molecule has 0 aliphatic rings. The number of amides is 1. The van der Waals surface area contributed by atoms with Gasteiger partial charge in [0.05, 0.1) is 17.0 Å². The fourth-order valence-electron chi connectivity index (χ4n) is 1.42. The number of H-pyrrole nitrogens is 2. The molecule has 1 amide bonds. The SMILES string of the molecule is O=C(CSc1nc(=S)[nH][nH]1)Nc1ccccc1C(=O)O. The van der Waals surface area contributed by atoms with Gasteiger partial charge in [0.2, 0.25) is 10.7 Å². The van der Waals surface area contributed by atoms with Gasteiger partial charge < -0.3 is 10.4 Å². The fraction of sp³-hybridized carbons (Fsp3) is 0.0909. The molecule has 0 saturated carbocycles. The van der Waals surface area contributed by atoms with E-state index in [1.165, 1.54) is 12.1 Å². The number of thioether (sulfide) groups is 1. The Morgan fingerprint density at radius 1 is 1.35 bits per heavy atom. The highest BCUT2D eigenvalue weighted by molar-refractivity contribution is 7.99. The maximum absolute atomic E-state index is 11.8. The van der Waals surface area contributed by atoms with Gasteiger partial charge in [0.25, 0.3) is 0 Å². The van der Waals surface area contributed by atoms with Crippen molar-refractivity contribution in [3.8, 4) is 0 Å². The van der Waals surface area contributed by atoms with Crippen molar-refractivity contribution in [2.24, 2.45) is 0 Å². The number of hydrogen-bond donors (Lipinski definition) is 4. The number of nitrogens with one attached hydrogen (secondary N) is 3. The lowest BCUT2D eigenvalue weighted by molar-refractivity contribution is -0.113. The molecule has 1 heterocycles. The van der Waals surface area contributed by atoms with Crippen molar-refractivity contribution in [2.75, 3.05) is 11.1 Å². The van der Waals surface area contributed by atoms with E-state index in [4.69, 9.17) is 17.3 Å². The first-order chi connectivity index (χ1) is 9.56. The summed E-state index contributed by atoms with van der Waals surface area (Å²) in [6.07, 6.45) is 0. The maximum atomic E-state index is 11.8. The van der Waals surface area contributed by atoms with Crippen LogP contribution in [-0.2, 0) is 4.79 Å². The third kappa shape index (κ3) is 3.68. The zero-order valence-corrected chi connectivity index (χ0v) is 11.7. The number of nitrogens with zero attached hydrogens (tertiary/aromatic N) is 1. The average Bonchev–Trinajstić information content (AvgIpc) is 2.83. The minimum Gasteiger partial charge on any atom is -0.478 e. The van der Waals surface area contributed by atoms with E-state index >= 15 is 0 Å². The molecule has 2 aromatic rings. The Balaban J connectivity index is 1.98. The lowest BCUT2D eigenvalue weighted by Gasteiger charge is -2.07. The molecule has 0 aliphatic carbocycles. The van der Waals surface area contributed by atoms with Crippen molar-refractivity contribution in [3.63, 3.8) is 0 Å². The van der Waals surface area contributed by atoms with E-state index < -0.39 is 5.97 Å². The summed E-state index contributed by atoms with van der Waals surface area (Å²) in [7, 11) is 0. The second-order valence-electron chi connectivity index (χ2n) is 3.66. The molecule has 104 valence electrons. The second-order valence-corrected chi connectivity index (χ2v) is 5.01. The van der Waals surface area contributed by atoms with Gasteiger partial charge in [-0.15, -0.1) is 0 Å². The Bertz CT molecular complexity index is 695. The van der Waals surface area contributed by atoms with Crippen LogP contribution in [0.5, 0.6) is 0 Å². The van der Waals surface area contributed by atoms with Crippen LogP contribution < -0.4 is 5.32 Å². The lowest BCUT2D eigenvalue weighted by Crippen LogP contribution is -2.16. The summed E-state index contributed by atoms with van der Waals surface area (Å²) in [5.41, 5.74) is 0.311. The maximum Gasteiger partial charge on any atom is 0.337 e. The number of benzene rings is 1. The molecule has 7 nitrogen and oxygen atoms in total. The molecular formula is C11H10N4O3S2. The second kappa shape index (κ2) is 6.35. The summed E-state index contributed by atoms with van der Waals surface area (Å²) in [4.78, 5) is 26.7. The topological polar surface area (TPSA) is 111 Å². The van der Waals surface area contributed by atoms with Crippen LogP contribution in [0.1, 0.15) is 10.4 Å². The van der Waals surface area contributed by atoms with Crippen molar-refractivity contribution in [2.45, 2.75) is 5.16 Å². The van der Waals surface area contributed by atoms with Gasteiger partial charge in [-0.25, -0.2) is 4.79 Å². The molecule has 1 aromatic carbocycles. The number of anilines is 1. The quantitative estimate of drug-likeness (QED) is 0.496. The Hall–Kier alpha value is -2.13. The summed E-state index contributed by atoms with van der Waals surface area (Å²) < 4.78 is 0.309. The largest absolute Gasteiger partial charge is 0.478 e. The molecule has 1 aromatic heterocycles. The molecule has 0 bridgehead atoms. The van der Waals surface area contributed by atoms with E-state index in [1.54, 1.807) is 12.1 Å². The van der Waals surface area contributed by atoms with Crippen LogP contribution in [0.15, 0.2) is 29.4 Å². The number of carbonyl (C=O) groups is 2. The molecule has 4 N–H and O–H groups in total. The van der Waals surface area contributed by atoms with E-state index in [0.29, 0.717) is 9.93 Å². The Morgan fingerprint density at radius 2 is 2.10 bits per heavy atom. The van der Waals surface area contributed by atoms with Crippen molar-refractivity contribution >= 4 is 41.5 Å². The zero-order valence-electron chi connectivity index (χ0n) is 10.0. The van der Waals surface area contributed by atoms with E-state index in [9.17, 15) is 9.59 Å². The van der Waals surface area contributed by atoms with Gasteiger partial charge in [-0.2, -0.15) is 4.98 Å². The van der Waals surface area contributed by atoms with E-state index in [2.05, 4.69) is 20.5 Å². The zero-order chi connectivity index (χ0) is 14.5. The lowest BCUT2D eigenvalue weighted by atomic mass is 10.2. The highest BCUT2D eigenvalue weighted by atomic mass is 32.2. The number of rotatable bonds is 5. The minimum atomic E-state index is -1.09. The summed E-state index contributed by atoms with van der Waals surface area (Å²) in [5, 5.41) is 17.4. The number of aromatic carboxylic acids is 1. The third-order valence-corrected chi connectivity index (χ3v) is 3.32. The van der Waals surface area contributed by atoms with Gasteiger partial charge in [0.1, 0.15) is 0 Å². The number of aromatic amines is 2. The fourth-order valence-corrected chi connectivity index (χ4v) is 2.24. The number of aromatic nitrogens is 3. The Kier molecular flexibility index (Phi) is 4.53. The van der Waals surface area contributed by atoms with Gasteiger partial charge in [-0.1, -0.05) is 23.9 Å². The minimum absolute atomic E-state index is 0.0463. The van der Waals surface area contributed by atoms with Crippen LogP contribution in [0.25, 0.3) is 0 Å². The summed E-state index contributed by atoms with van der Waals surface area (Å²) >= 11 is 5.95. The molecule has 20 heavy (non-hydrogen) atoms. The third-order valence-electron chi connectivity index (χ3n) is 2.25. The monoisotopic (exact) mass is 310 g/mol. The van der Waals surface area contributed by atoms with Crippen molar-refractivity contribution in [3.05, 3.63) is 34.6 Å². The summed E-state index contributed by atoms with van der Waals surface area (Å²) in [6.45, 7) is 0. The van der Waals surface area contributed by atoms with Gasteiger partial charge in [0, 0.05) is 0 Å². The van der Waals surface area contributed by atoms with Crippen LogP contribution in [0.2, 0.25) is 0 Å².